The molecule has 11 atom stereocenters. The molecule has 36 heavy (non-hydrogen) atoms. The van der Waals surface area contributed by atoms with Gasteiger partial charge in [0.2, 0.25) is 5.91 Å². The number of carbonyl (C=O) groups excluding carboxylic acids is 1. The molecule has 0 aromatic rings. The summed E-state index contributed by atoms with van der Waals surface area (Å²) in [6.07, 6.45) is 3.80. The molecule has 0 aromatic carbocycles. The molecule has 0 heterocycles. The van der Waals surface area contributed by atoms with Crippen LogP contribution >= 0.6 is 0 Å². The van der Waals surface area contributed by atoms with Crippen LogP contribution in [0.25, 0.3) is 0 Å². The van der Waals surface area contributed by atoms with Crippen LogP contribution in [0.2, 0.25) is 0 Å². The van der Waals surface area contributed by atoms with Gasteiger partial charge in [0, 0.05) is 15.7 Å². The molecule has 0 radical (unpaired) electrons. The third-order valence-electron chi connectivity index (χ3n) is 10.7. The van der Waals surface area contributed by atoms with E-state index in [9.17, 15) is 33.1 Å². The first-order valence-corrected chi connectivity index (χ1v) is 14.5. The standard InChI is InChI=1S/C26H45NO7S.Na/c1-15(4-7-21(29)27-12-13-35(32,33)34)17-5-6-18-22-19(9-11-25(17,18)2)26(3)10-8-16(28)14-20(26)23(30)24(22)31;/h15-20,22-24,28,30-31H,4-14H2,1-3H3,(H,27,29)(H,32,33,34);/q;+1/p-1/t15-,16-,17-,18+,19+,20+,22+,23+,24-,25-,26-;/m1./s1/i12D2,13D2;. The summed E-state index contributed by atoms with van der Waals surface area (Å²) in [6, 6.07) is 0. The second-order valence-corrected chi connectivity index (χ2v) is 13.4. The van der Waals surface area contributed by atoms with E-state index in [2.05, 4.69) is 13.8 Å². The molecule has 4 aliphatic rings. The van der Waals surface area contributed by atoms with E-state index in [-0.39, 0.29) is 82.3 Å². The fraction of sp³-hybridized carbons (Fsp3) is 0.962. The van der Waals surface area contributed by atoms with Crippen molar-refractivity contribution in [1.82, 2.24) is 5.32 Å². The van der Waals surface area contributed by atoms with E-state index in [1.807, 2.05) is 6.92 Å². The van der Waals surface area contributed by atoms with Crippen LogP contribution in [0.5, 0.6) is 0 Å². The summed E-state index contributed by atoms with van der Waals surface area (Å²) in [4.78, 5) is 12.5. The predicted molar refractivity (Wildman–Crippen MR) is 130 cm³/mol. The molecule has 202 valence electrons. The Balaban J connectivity index is 0.00000441. The Labute approximate surface area is 244 Å². The SMILES string of the molecule is [2H]C([2H])(NC(=O)CC[C@@H](C)[C@H]1CC[C@H]2[C@@H]3[C@@H](O)[C@@H](O)[C@@H]4C[C@H](O)CC[C@]4(C)[C@H]3CC[C@]12C)C([2H])([2H])S(=O)(=O)[O-].[Na+]. The van der Waals surface area contributed by atoms with Crippen LogP contribution in [0.4, 0.5) is 0 Å². The number of aliphatic hydroxyl groups excluding tert-OH is 3. The van der Waals surface area contributed by atoms with Gasteiger partial charge in [-0.05, 0) is 97.7 Å². The van der Waals surface area contributed by atoms with Crippen molar-refractivity contribution in [3.8, 4) is 0 Å². The summed E-state index contributed by atoms with van der Waals surface area (Å²) < 4.78 is 63.6. The van der Waals surface area contributed by atoms with Crippen LogP contribution in [-0.4, -0.2) is 64.7 Å². The summed E-state index contributed by atoms with van der Waals surface area (Å²) in [5, 5.41) is 34.6. The first-order chi connectivity index (χ1) is 17.8. The molecule has 0 saturated heterocycles. The zero-order valence-electron chi connectivity index (χ0n) is 25.9. The molecule has 4 N–H and O–H groups in total. The van der Waals surface area contributed by atoms with Gasteiger partial charge in [-0.2, -0.15) is 0 Å². The zero-order chi connectivity index (χ0) is 29.3. The van der Waals surface area contributed by atoms with Gasteiger partial charge in [-0.15, -0.1) is 0 Å². The molecule has 8 nitrogen and oxygen atoms in total. The van der Waals surface area contributed by atoms with Crippen molar-refractivity contribution in [2.75, 3.05) is 12.2 Å². The fourth-order valence-electron chi connectivity index (χ4n) is 8.99. The van der Waals surface area contributed by atoms with E-state index in [0.29, 0.717) is 19.3 Å². The maximum absolute atomic E-state index is 12.5. The number of carbonyl (C=O) groups is 1. The largest absolute Gasteiger partial charge is 1.00 e. The van der Waals surface area contributed by atoms with E-state index < -0.39 is 46.5 Å². The minimum atomic E-state index is -5.66. The molecule has 0 unspecified atom stereocenters. The Morgan fingerprint density at radius 2 is 1.69 bits per heavy atom. The molecule has 4 saturated carbocycles. The summed E-state index contributed by atoms with van der Waals surface area (Å²) in [7, 11) is -5.66. The number of amides is 1. The fourth-order valence-corrected chi connectivity index (χ4v) is 9.17. The van der Waals surface area contributed by atoms with Crippen molar-refractivity contribution in [3.63, 3.8) is 0 Å². The van der Waals surface area contributed by atoms with E-state index >= 15 is 0 Å². The minimum Gasteiger partial charge on any atom is -0.748 e. The predicted octanol–water partition coefficient (Wildman–Crippen LogP) is -0.970. The summed E-state index contributed by atoms with van der Waals surface area (Å²) in [5.74, 6) is -0.292. The third-order valence-corrected chi connectivity index (χ3v) is 11.0. The van der Waals surface area contributed by atoms with E-state index in [4.69, 9.17) is 5.48 Å². The Morgan fingerprint density at radius 1 is 1.06 bits per heavy atom. The van der Waals surface area contributed by atoms with Crippen LogP contribution in [0, 0.1) is 46.3 Å². The Morgan fingerprint density at radius 3 is 2.36 bits per heavy atom. The van der Waals surface area contributed by atoms with Gasteiger partial charge in [-0.3, -0.25) is 4.79 Å². The molecule has 4 rings (SSSR count). The summed E-state index contributed by atoms with van der Waals surface area (Å²) in [6.45, 7) is 3.12. The topological polar surface area (TPSA) is 147 Å². The van der Waals surface area contributed by atoms with Crippen LogP contribution in [0.15, 0.2) is 0 Å². The zero-order valence-corrected chi connectivity index (χ0v) is 24.8. The molecular formula is C26H44NNaO7S. The van der Waals surface area contributed by atoms with Gasteiger partial charge < -0.3 is 25.2 Å². The Bertz CT molecular complexity index is 1070. The first-order valence-electron chi connectivity index (χ1n) is 15.1. The monoisotopic (exact) mass is 541 g/mol. The number of aliphatic hydroxyl groups is 3. The first kappa shape index (κ1) is 25.2. The molecule has 0 aliphatic heterocycles. The Kier molecular flexibility index (Phi) is 7.99. The van der Waals surface area contributed by atoms with Crippen molar-refractivity contribution >= 4 is 16.0 Å². The molecule has 0 bridgehead atoms. The normalized spacial score (nSPS) is 47.4. The maximum Gasteiger partial charge on any atom is 1.00 e. The molecule has 10 heteroatoms. The van der Waals surface area contributed by atoms with Crippen LogP contribution in [0.1, 0.15) is 84.0 Å². The van der Waals surface area contributed by atoms with Gasteiger partial charge in [-0.25, -0.2) is 8.42 Å². The molecule has 0 aromatic heterocycles. The van der Waals surface area contributed by atoms with Crippen molar-refractivity contribution in [2.24, 2.45) is 46.3 Å². The van der Waals surface area contributed by atoms with E-state index in [1.165, 1.54) is 0 Å². The van der Waals surface area contributed by atoms with Crippen molar-refractivity contribution in [2.45, 2.75) is 96.9 Å². The molecular weight excluding hydrogens is 493 g/mol. The number of rotatable bonds is 7. The van der Waals surface area contributed by atoms with Crippen LogP contribution < -0.4 is 34.9 Å². The van der Waals surface area contributed by atoms with Crippen molar-refractivity contribution in [1.29, 1.82) is 0 Å². The van der Waals surface area contributed by atoms with Gasteiger partial charge in [0.1, 0.15) is 0 Å². The molecule has 0 spiro atoms. The molecule has 1 amide bonds. The average molecular weight is 542 g/mol. The molecule has 4 fully saturated rings. The van der Waals surface area contributed by atoms with Gasteiger partial charge in [0.15, 0.2) is 0 Å². The molecule has 4 aliphatic carbocycles. The third kappa shape index (κ3) is 5.74. The smallest absolute Gasteiger partial charge is 0.748 e. The van der Waals surface area contributed by atoms with Gasteiger partial charge in [-0.1, -0.05) is 20.8 Å². The van der Waals surface area contributed by atoms with E-state index in [1.54, 1.807) is 5.32 Å². The Hall–Kier alpha value is 0.260. The van der Waals surface area contributed by atoms with Gasteiger partial charge >= 0.3 is 29.6 Å². The quantitative estimate of drug-likeness (QED) is 0.240. The average Bonchev–Trinajstić information content (AvgIpc) is 3.18. The second kappa shape index (κ2) is 11.4. The van der Waals surface area contributed by atoms with Gasteiger partial charge in [0.05, 0.1) is 36.9 Å². The summed E-state index contributed by atoms with van der Waals surface area (Å²) >= 11 is 0. The van der Waals surface area contributed by atoms with E-state index in [0.717, 1.165) is 32.1 Å². The number of hydrogen-bond acceptors (Lipinski definition) is 7. The number of fused-ring (bicyclic) bond motifs is 5. The summed E-state index contributed by atoms with van der Waals surface area (Å²) in [5.41, 5.74) is -4.06. The van der Waals surface area contributed by atoms with Gasteiger partial charge in [0.25, 0.3) is 0 Å². The second-order valence-electron chi connectivity index (χ2n) is 12.3. The van der Waals surface area contributed by atoms with Crippen LogP contribution in [-0.2, 0) is 14.9 Å². The maximum atomic E-state index is 12.5. The number of hydrogen-bond donors (Lipinski definition) is 4. The minimum absolute atomic E-state index is 0. The number of nitrogens with one attached hydrogen (secondary N) is 1. The van der Waals surface area contributed by atoms with Crippen LogP contribution in [0.3, 0.4) is 0 Å². The van der Waals surface area contributed by atoms with Crippen molar-refractivity contribution < 1.29 is 68.1 Å². The van der Waals surface area contributed by atoms with Crippen molar-refractivity contribution in [3.05, 3.63) is 0 Å².